The molecule has 1 aliphatic rings. The normalized spacial score (nSPS) is 14.1. The van der Waals surface area contributed by atoms with Gasteiger partial charge in [0.15, 0.2) is 0 Å². The predicted molar refractivity (Wildman–Crippen MR) is 100 cm³/mol. The molecule has 1 heterocycles. The molecule has 128 valence electrons. The summed E-state index contributed by atoms with van der Waals surface area (Å²) in [5.41, 5.74) is 3.57. The number of halogens is 1. The molecule has 1 fully saturated rings. The van der Waals surface area contributed by atoms with E-state index in [-0.39, 0.29) is 6.03 Å². The van der Waals surface area contributed by atoms with Crippen LogP contribution in [0.2, 0.25) is 5.02 Å². The van der Waals surface area contributed by atoms with Crippen molar-refractivity contribution in [1.82, 2.24) is 4.90 Å². The second-order valence-corrected chi connectivity index (χ2v) is 6.46. The number of hydrogen-bond acceptors (Lipinski definition) is 3. The molecule has 1 saturated heterocycles. The third kappa shape index (κ3) is 4.04. The molecular weight excluding hydrogens is 336 g/mol. The molecule has 2 aromatic carbocycles. The molecule has 1 aliphatic heterocycles. The molecule has 0 bridgehead atoms. The molecule has 2 aromatic rings. The van der Waals surface area contributed by atoms with Gasteiger partial charge in [-0.25, -0.2) is 4.79 Å². The molecule has 0 saturated carbocycles. The second-order valence-electron chi connectivity index (χ2n) is 6.02. The molecular formula is C19H19ClN4O. The van der Waals surface area contributed by atoms with Gasteiger partial charge in [0.05, 0.1) is 11.6 Å². The Morgan fingerprint density at radius 2 is 1.80 bits per heavy atom. The first kappa shape index (κ1) is 17.1. The van der Waals surface area contributed by atoms with Crippen LogP contribution in [0.15, 0.2) is 42.5 Å². The highest BCUT2D eigenvalue weighted by molar-refractivity contribution is 6.30. The van der Waals surface area contributed by atoms with Crippen molar-refractivity contribution in [1.29, 1.82) is 5.26 Å². The van der Waals surface area contributed by atoms with Crippen LogP contribution in [0.25, 0.3) is 0 Å². The largest absolute Gasteiger partial charge is 0.368 e. The maximum absolute atomic E-state index is 12.4. The molecule has 25 heavy (non-hydrogen) atoms. The highest BCUT2D eigenvalue weighted by atomic mass is 35.5. The van der Waals surface area contributed by atoms with E-state index < -0.39 is 0 Å². The van der Waals surface area contributed by atoms with Gasteiger partial charge >= 0.3 is 6.03 Å². The Labute approximate surface area is 152 Å². The zero-order valence-electron chi connectivity index (χ0n) is 14.0. The van der Waals surface area contributed by atoms with E-state index in [4.69, 9.17) is 16.9 Å². The lowest BCUT2D eigenvalue weighted by molar-refractivity contribution is 0.208. The van der Waals surface area contributed by atoms with Crippen molar-refractivity contribution in [3.63, 3.8) is 0 Å². The number of amides is 2. The first-order valence-corrected chi connectivity index (χ1v) is 8.52. The summed E-state index contributed by atoms with van der Waals surface area (Å²) in [5, 5.41) is 12.4. The zero-order valence-corrected chi connectivity index (χ0v) is 14.8. The van der Waals surface area contributed by atoms with E-state index in [0.717, 1.165) is 23.8 Å². The Bertz CT molecular complexity index is 805. The minimum Gasteiger partial charge on any atom is -0.368 e. The van der Waals surface area contributed by atoms with E-state index in [1.54, 1.807) is 29.2 Å². The van der Waals surface area contributed by atoms with Crippen LogP contribution in [-0.4, -0.2) is 37.1 Å². The number of benzene rings is 2. The van der Waals surface area contributed by atoms with Crippen molar-refractivity contribution in [2.24, 2.45) is 0 Å². The quantitative estimate of drug-likeness (QED) is 0.890. The van der Waals surface area contributed by atoms with Crippen LogP contribution in [-0.2, 0) is 0 Å². The first-order chi connectivity index (χ1) is 12.1. The van der Waals surface area contributed by atoms with Crippen LogP contribution >= 0.6 is 11.6 Å². The van der Waals surface area contributed by atoms with Crippen molar-refractivity contribution in [2.45, 2.75) is 6.92 Å². The van der Waals surface area contributed by atoms with Gasteiger partial charge in [-0.1, -0.05) is 17.7 Å². The Morgan fingerprint density at radius 1 is 1.12 bits per heavy atom. The average Bonchev–Trinajstić information content (AvgIpc) is 2.64. The summed E-state index contributed by atoms with van der Waals surface area (Å²) in [5.74, 6) is 0. The van der Waals surface area contributed by atoms with Gasteiger partial charge in [0.1, 0.15) is 0 Å². The SMILES string of the molecule is Cc1ccc(Cl)cc1N1CCN(C(=O)Nc2ccc(C#N)cc2)CC1. The van der Waals surface area contributed by atoms with Crippen molar-refractivity contribution >= 4 is 29.0 Å². The number of nitrogens with zero attached hydrogens (tertiary/aromatic N) is 3. The van der Waals surface area contributed by atoms with Crippen molar-refractivity contribution < 1.29 is 4.79 Å². The van der Waals surface area contributed by atoms with Crippen molar-refractivity contribution in [2.75, 3.05) is 36.4 Å². The van der Waals surface area contributed by atoms with Crippen LogP contribution < -0.4 is 10.2 Å². The number of urea groups is 1. The first-order valence-electron chi connectivity index (χ1n) is 8.14. The lowest BCUT2D eigenvalue weighted by Crippen LogP contribution is -2.50. The van der Waals surface area contributed by atoms with E-state index in [1.807, 2.05) is 18.2 Å². The summed E-state index contributed by atoms with van der Waals surface area (Å²) >= 11 is 6.11. The number of hydrogen-bond donors (Lipinski definition) is 1. The molecule has 2 amide bonds. The van der Waals surface area contributed by atoms with Gasteiger partial charge in [-0.05, 0) is 48.9 Å². The average molecular weight is 355 g/mol. The molecule has 0 atom stereocenters. The van der Waals surface area contributed by atoms with Crippen LogP contribution in [0.5, 0.6) is 0 Å². The number of rotatable bonds is 2. The van der Waals surface area contributed by atoms with Gasteiger partial charge in [0.25, 0.3) is 0 Å². The molecule has 3 rings (SSSR count). The summed E-state index contributed by atoms with van der Waals surface area (Å²) < 4.78 is 0. The maximum atomic E-state index is 12.4. The predicted octanol–water partition coefficient (Wildman–Crippen LogP) is 3.87. The van der Waals surface area contributed by atoms with E-state index in [1.165, 1.54) is 5.56 Å². The maximum Gasteiger partial charge on any atom is 0.321 e. The molecule has 0 unspecified atom stereocenters. The lowest BCUT2D eigenvalue weighted by atomic mass is 10.1. The monoisotopic (exact) mass is 354 g/mol. The summed E-state index contributed by atoms with van der Waals surface area (Å²) in [7, 11) is 0. The molecule has 0 spiro atoms. The third-order valence-electron chi connectivity index (χ3n) is 4.34. The standard InChI is InChI=1S/C19H19ClN4O/c1-14-2-5-16(20)12-18(14)23-8-10-24(11-9-23)19(25)22-17-6-3-15(13-21)4-7-17/h2-7,12H,8-11H2,1H3,(H,22,25). The summed E-state index contributed by atoms with van der Waals surface area (Å²) in [4.78, 5) is 16.5. The van der Waals surface area contributed by atoms with Crippen molar-refractivity contribution in [3.05, 3.63) is 58.6 Å². The molecule has 5 nitrogen and oxygen atoms in total. The van der Waals surface area contributed by atoms with Gasteiger partial charge in [0, 0.05) is 42.6 Å². The minimum absolute atomic E-state index is 0.118. The number of nitriles is 1. The van der Waals surface area contributed by atoms with Crippen LogP contribution in [0.1, 0.15) is 11.1 Å². The van der Waals surface area contributed by atoms with E-state index >= 15 is 0 Å². The van der Waals surface area contributed by atoms with Crippen LogP contribution in [0, 0.1) is 18.3 Å². The summed E-state index contributed by atoms with van der Waals surface area (Å²) in [6.07, 6.45) is 0. The number of nitrogens with one attached hydrogen (secondary N) is 1. The van der Waals surface area contributed by atoms with Gasteiger partial charge in [-0.3, -0.25) is 0 Å². The smallest absolute Gasteiger partial charge is 0.321 e. The fraction of sp³-hybridized carbons (Fsp3) is 0.263. The fourth-order valence-electron chi connectivity index (χ4n) is 2.90. The Balaban J connectivity index is 1.59. The Kier molecular flexibility index (Phi) is 5.11. The number of anilines is 2. The topological polar surface area (TPSA) is 59.4 Å². The van der Waals surface area contributed by atoms with E-state index in [2.05, 4.69) is 23.2 Å². The second kappa shape index (κ2) is 7.45. The third-order valence-corrected chi connectivity index (χ3v) is 4.58. The lowest BCUT2D eigenvalue weighted by Gasteiger charge is -2.36. The highest BCUT2D eigenvalue weighted by Gasteiger charge is 2.22. The van der Waals surface area contributed by atoms with Gasteiger partial charge in [-0.2, -0.15) is 5.26 Å². The number of carbonyl (C=O) groups excluding carboxylic acids is 1. The van der Waals surface area contributed by atoms with Crippen LogP contribution in [0.4, 0.5) is 16.2 Å². The number of carbonyl (C=O) groups is 1. The highest BCUT2D eigenvalue weighted by Crippen LogP contribution is 2.25. The minimum atomic E-state index is -0.118. The Morgan fingerprint density at radius 3 is 2.44 bits per heavy atom. The van der Waals surface area contributed by atoms with E-state index in [9.17, 15) is 4.79 Å². The molecule has 1 N–H and O–H groups in total. The van der Waals surface area contributed by atoms with Gasteiger partial charge in [0.2, 0.25) is 0 Å². The molecule has 6 heteroatoms. The van der Waals surface area contributed by atoms with E-state index in [0.29, 0.717) is 24.3 Å². The molecule has 0 aromatic heterocycles. The van der Waals surface area contributed by atoms with Gasteiger partial charge in [-0.15, -0.1) is 0 Å². The van der Waals surface area contributed by atoms with Crippen LogP contribution in [0.3, 0.4) is 0 Å². The molecule has 0 aliphatic carbocycles. The fourth-order valence-corrected chi connectivity index (χ4v) is 3.07. The van der Waals surface area contributed by atoms with Gasteiger partial charge < -0.3 is 15.1 Å². The zero-order chi connectivity index (χ0) is 17.8. The molecule has 0 radical (unpaired) electrons. The number of aryl methyl sites for hydroxylation is 1. The number of piperazine rings is 1. The summed E-state index contributed by atoms with van der Waals surface area (Å²) in [6.45, 7) is 4.89. The Hall–Kier alpha value is -2.71. The summed E-state index contributed by atoms with van der Waals surface area (Å²) in [6, 6.07) is 14.7. The van der Waals surface area contributed by atoms with Crippen molar-refractivity contribution in [3.8, 4) is 6.07 Å².